The van der Waals surface area contributed by atoms with Crippen LogP contribution in [0.3, 0.4) is 0 Å². The number of Topliss-reactive ketones (excluding diaryl/α,β-unsaturated/α-hetero) is 1. The second-order valence-corrected chi connectivity index (χ2v) is 11.4. The fourth-order valence-electron chi connectivity index (χ4n) is 5.19. The van der Waals surface area contributed by atoms with Gasteiger partial charge in [-0.25, -0.2) is 0 Å². The van der Waals surface area contributed by atoms with Gasteiger partial charge in [0.25, 0.3) is 0 Å². The van der Waals surface area contributed by atoms with Gasteiger partial charge < -0.3 is 10.2 Å². The van der Waals surface area contributed by atoms with Gasteiger partial charge in [0.15, 0.2) is 0 Å². The van der Waals surface area contributed by atoms with E-state index in [0.29, 0.717) is 19.4 Å². The van der Waals surface area contributed by atoms with Crippen LogP contribution in [0.2, 0.25) is 0 Å². The van der Waals surface area contributed by atoms with E-state index in [1.54, 1.807) is 0 Å². The predicted molar refractivity (Wildman–Crippen MR) is 163 cm³/mol. The highest BCUT2D eigenvalue weighted by Crippen LogP contribution is 2.18. The summed E-state index contributed by atoms with van der Waals surface area (Å²) in [6.07, 6.45) is 35.5. The van der Waals surface area contributed by atoms with E-state index < -0.39 is 11.9 Å². The van der Waals surface area contributed by atoms with E-state index in [0.717, 1.165) is 57.8 Å². The van der Waals surface area contributed by atoms with Crippen LogP contribution in [0.5, 0.6) is 0 Å². The largest absolute Gasteiger partial charge is 0.481 e. The van der Waals surface area contributed by atoms with E-state index in [4.69, 9.17) is 5.11 Å². The maximum absolute atomic E-state index is 12.5. The summed E-state index contributed by atoms with van der Waals surface area (Å²) in [6, 6.07) is 0. The molecule has 0 fully saturated rings. The predicted octanol–water partition coefficient (Wildman–Crippen LogP) is 10.4. The van der Waals surface area contributed by atoms with Crippen molar-refractivity contribution in [3.8, 4) is 0 Å². The number of hydrogen-bond donors (Lipinski definition) is 2. The molecule has 1 atom stereocenters. The minimum atomic E-state index is -0.929. The Balaban J connectivity index is 3.60. The maximum atomic E-state index is 12.5. The number of carbonyl (C=O) groups is 2. The fourth-order valence-corrected chi connectivity index (χ4v) is 5.19. The number of rotatable bonds is 31. The molecule has 0 heterocycles. The SMILES string of the molecule is CCCCCCCC/C=C\CCCCCCCC(=O)C(CCCCCCCCCCCCCCO)C(=O)O. The van der Waals surface area contributed by atoms with Crippen LogP contribution in [0, 0.1) is 5.92 Å². The summed E-state index contributed by atoms with van der Waals surface area (Å²) in [4.78, 5) is 24.1. The molecule has 4 nitrogen and oxygen atoms in total. The van der Waals surface area contributed by atoms with E-state index >= 15 is 0 Å². The summed E-state index contributed by atoms with van der Waals surface area (Å²) in [6.45, 7) is 2.58. The molecule has 0 aliphatic heterocycles. The van der Waals surface area contributed by atoms with Gasteiger partial charge in [-0.3, -0.25) is 9.59 Å². The normalized spacial score (nSPS) is 12.4. The lowest BCUT2D eigenvalue weighted by atomic mass is 9.93. The first-order valence-corrected chi connectivity index (χ1v) is 16.6. The molecule has 224 valence electrons. The number of carboxylic acids is 1. The molecule has 0 saturated heterocycles. The van der Waals surface area contributed by atoms with Gasteiger partial charge in [0.2, 0.25) is 0 Å². The third kappa shape index (κ3) is 26.4. The zero-order valence-electron chi connectivity index (χ0n) is 25.2. The van der Waals surface area contributed by atoms with Crippen molar-refractivity contribution in [2.24, 2.45) is 5.92 Å². The lowest BCUT2D eigenvalue weighted by molar-refractivity contribution is -0.146. The van der Waals surface area contributed by atoms with Crippen molar-refractivity contribution in [2.75, 3.05) is 6.61 Å². The summed E-state index contributed by atoms with van der Waals surface area (Å²) in [5.74, 6) is -1.78. The Morgan fingerprint density at radius 3 is 1.39 bits per heavy atom. The highest BCUT2D eigenvalue weighted by Gasteiger charge is 2.24. The monoisotopic (exact) mass is 536 g/mol. The second kappa shape index (κ2) is 30.4. The molecule has 0 amide bonds. The number of unbranched alkanes of at least 4 members (excludes halogenated alkanes) is 22. The zero-order chi connectivity index (χ0) is 27.9. The molecule has 0 radical (unpaired) electrons. The summed E-state index contributed by atoms with van der Waals surface area (Å²) in [7, 11) is 0. The van der Waals surface area contributed by atoms with Crippen molar-refractivity contribution in [3.05, 3.63) is 12.2 Å². The molecule has 0 aromatic heterocycles. The topological polar surface area (TPSA) is 74.6 Å². The van der Waals surface area contributed by atoms with Gasteiger partial charge in [0, 0.05) is 13.0 Å². The maximum Gasteiger partial charge on any atom is 0.314 e. The highest BCUT2D eigenvalue weighted by atomic mass is 16.4. The smallest absolute Gasteiger partial charge is 0.314 e. The Kier molecular flexibility index (Phi) is 29.5. The van der Waals surface area contributed by atoms with Crippen molar-refractivity contribution >= 4 is 11.8 Å². The summed E-state index contributed by atoms with van der Waals surface area (Å²) in [5.41, 5.74) is 0. The second-order valence-electron chi connectivity index (χ2n) is 11.4. The first-order valence-electron chi connectivity index (χ1n) is 16.6. The van der Waals surface area contributed by atoms with E-state index in [1.807, 2.05) is 0 Å². The molecule has 0 rings (SSSR count). The molecule has 2 N–H and O–H groups in total. The van der Waals surface area contributed by atoms with Crippen LogP contribution in [0.15, 0.2) is 12.2 Å². The molecule has 0 bridgehead atoms. The number of ketones is 1. The number of aliphatic hydroxyl groups is 1. The Bertz CT molecular complexity index is 543. The Morgan fingerprint density at radius 2 is 0.947 bits per heavy atom. The van der Waals surface area contributed by atoms with Gasteiger partial charge >= 0.3 is 5.97 Å². The van der Waals surface area contributed by atoms with Crippen LogP contribution in [0.25, 0.3) is 0 Å². The molecule has 38 heavy (non-hydrogen) atoms. The zero-order valence-corrected chi connectivity index (χ0v) is 25.2. The average molecular weight is 537 g/mol. The molecule has 0 aromatic carbocycles. The molecular formula is C34H64O4. The van der Waals surface area contributed by atoms with E-state index in [-0.39, 0.29) is 5.78 Å². The summed E-state index contributed by atoms with van der Waals surface area (Å²) in [5, 5.41) is 18.3. The minimum absolute atomic E-state index is 0.0610. The Labute approximate surface area is 236 Å². The van der Waals surface area contributed by atoms with Crippen LogP contribution in [-0.2, 0) is 9.59 Å². The summed E-state index contributed by atoms with van der Waals surface area (Å²) < 4.78 is 0. The first-order chi connectivity index (χ1) is 18.6. The van der Waals surface area contributed by atoms with Gasteiger partial charge in [-0.15, -0.1) is 0 Å². The lowest BCUT2D eigenvalue weighted by Gasteiger charge is -2.11. The van der Waals surface area contributed by atoms with Crippen LogP contribution in [0.1, 0.15) is 180 Å². The Morgan fingerprint density at radius 1 is 0.553 bits per heavy atom. The van der Waals surface area contributed by atoms with Crippen LogP contribution < -0.4 is 0 Å². The van der Waals surface area contributed by atoms with Crippen molar-refractivity contribution in [2.45, 2.75) is 180 Å². The standard InChI is InChI=1S/C34H64O4/c1-2-3-4-5-6-7-8-9-10-11-15-18-21-24-27-30-33(36)32(34(37)38)29-26-23-20-17-14-12-13-16-19-22-25-28-31-35/h9-10,32,35H,2-8,11-31H2,1H3,(H,37,38)/b10-9-. The van der Waals surface area contributed by atoms with Crippen LogP contribution >= 0.6 is 0 Å². The van der Waals surface area contributed by atoms with Gasteiger partial charge in [0.05, 0.1) is 0 Å². The number of carbonyl (C=O) groups excluding carboxylic acids is 1. The molecular weight excluding hydrogens is 472 g/mol. The van der Waals surface area contributed by atoms with E-state index in [2.05, 4.69) is 19.1 Å². The Hall–Kier alpha value is -1.16. The number of aliphatic carboxylic acids is 1. The molecule has 0 spiro atoms. The molecule has 0 saturated carbocycles. The number of hydrogen-bond acceptors (Lipinski definition) is 3. The van der Waals surface area contributed by atoms with Crippen LogP contribution in [-0.4, -0.2) is 28.6 Å². The van der Waals surface area contributed by atoms with Gasteiger partial charge in [-0.2, -0.15) is 0 Å². The van der Waals surface area contributed by atoms with Crippen molar-refractivity contribution in [3.63, 3.8) is 0 Å². The molecule has 0 aliphatic carbocycles. The van der Waals surface area contributed by atoms with Crippen molar-refractivity contribution in [1.29, 1.82) is 0 Å². The van der Waals surface area contributed by atoms with E-state index in [9.17, 15) is 14.7 Å². The third-order valence-electron chi connectivity index (χ3n) is 7.77. The summed E-state index contributed by atoms with van der Waals surface area (Å²) >= 11 is 0. The third-order valence-corrected chi connectivity index (χ3v) is 7.77. The number of allylic oxidation sites excluding steroid dienone is 2. The van der Waals surface area contributed by atoms with Gasteiger partial charge in [-0.05, 0) is 44.9 Å². The molecule has 0 aliphatic rings. The van der Waals surface area contributed by atoms with Crippen molar-refractivity contribution in [1.82, 2.24) is 0 Å². The van der Waals surface area contributed by atoms with Crippen molar-refractivity contribution < 1.29 is 19.8 Å². The fraction of sp³-hybridized carbons (Fsp3) is 0.882. The highest BCUT2D eigenvalue weighted by molar-refractivity contribution is 5.98. The molecule has 1 unspecified atom stereocenters. The average Bonchev–Trinajstić information content (AvgIpc) is 2.90. The quantitative estimate of drug-likeness (QED) is 0.0525. The first kappa shape index (κ1) is 36.8. The minimum Gasteiger partial charge on any atom is -0.481 e. The van der Waals surface area contributed by atoms with Crippen LogP contribution in [0.4, 0.5) is 0 Å². The number of carboxylic acid groups (broad SMARTS) is 1. The molecule has 4 heteroatoms. The lowest BCUT2D eigenvalue weighted by Crippen LogP contribution is -2.23. The van der Waals surface area contributed by atoms with Gasteiger partial charge in [0.1, 0.15) is 11.7 Å². The van der Waals surface area contributed by atoms with E-state index in [1.165, 1.54) is 103 Å². The molecule has 0 aromatic rings. The van der Waals surface area contributed by atoms with Gasteiger partial charge in [-0.1, -0.05) is 141 Å². The number of aliphatic hydroxyl groups excluding tert-OH is 1.